The molecule has 30 heteroatoms. The third kappa shape index (κ3) is 30.4. The van der Waals surface area contributed by atoms with Gasteiger partial charge in [-0.2, -0.15) is 0 Å². The van der Waals surface area contributed by atoms with Crippen LogP contribution in [0.1, 0.15) is 239 Å². The van der Waals surface area contributed by atoms with Crippen molar-refractivity contribution >= 4 is 11.8 Å². The van der Waals surface area contributed by atoms with Crippen LogP contribution in [-0.4, -0.2) is 299 Å². The molecule has 0 aromatic carbocycles. The number of ether oxygens (including phenoxy) is 10. The summed E-state index contributed by atoms with van der Waals surface area (Å²) >= 11 is 0. The van der Waals surface area contributed by atoms with Gasteiger partial charge in [-0.05, 0) is 19.3 Å². The van der Waals surface area contributed by atoms with Gasteiger partial charge in [0.05, 0.1) is 51.8 Å². The molecule has 5 heterocycles. The number of unbranched alkanes of at least 4 members (excludes halogenated alkanes) is 31. The van der Waals surface area contributed by atoms with Gasteiger partial charge in [0.25, 0.3) is 0 Å². The number of hydrogen-bond acceptors (Lipinski definition) is 28. The number of aliphatic hydroxyl groups is 16. The number of nitrogens with one attached hydrogen (secondary N) is 2. The van der Waals surface area contributed by atoms with Crippen molar-refractivity contribution in [3.05, 3.63) is 12.2 Å². The molecule has 0 aromatic rings. The molecule has 5 rings (SSSR count). The smallest absolute Gasteiger partial charge is 0.220 e. The van der Waals surface area contributed by atoms with Gasteiger partial charge < -0.3 is 140 Å². The molecule has 10 unspecified atom stereocenters. The van der Waals surface area contributed by atoms with Gasteiger partial charge in [0.2, 0.25) is 11.8 Å². The first-order chi connectivity index (χ1) is 50.2. The number of carbonyl (C=O) groups is 2. The van der Waals surface area contributed by atoms with Crippen molar-refractivity contribution in [1.82, 2.24) is 10.6 Å². The first-order valence-electron chi connectivity index (χ1n) is 39.5. The topological polar surface area (TPSA) is 474 Å². The van der Waals surface area contributed by atoms with E-state index in [0.717, 1.165) is 51.9 Å². The SMILES string of the molecule is CCCCCCCCCCCCC/C=C/[C@@H](O)[C@H](CO[C@@H]1OC(CO)[C@@H](O[C@@H]2OC(CO)[C@H](O)[C@H](O[C@@H]3OC(CO)[C@@H](O[C@@H]4OC(CO)[C@H](O)[C@H](O[C@@H]5OC(CO)[C@H](O)[C@H](O)C5O)C4O)[C@H](O)C3NC(C)=O)C2O)[C@H](O)C1O)NC(=O)CCCCCCCCCCCCCCCCCCCCCCC. The second-order valence-corrected chi connectivity index (χ2v) is 29.2. The van der Waals surface area contributed by atoms with Crippen molar-refractivity contribution in [3.63, 3.8) is 0 Å². The summed E-state index contributed by atoms with van der Waals surface area (Å²) in [6.07, 6.45) is -2.96. The Bertz CT molecular complexity index is 2250. The van der Waals surface area contributed by atoms with Crippen LogP contribution in [0, 0.1) is 0 Å². The normalized spacial score (nSPS) is 34.7. The van der Waals surface area contributed by atoms with Gasteiger partial charge in [0.15, 0.2) is 31.5 Å². The molecule has 27 atom stereocenters. The summed E-state index contributed by atoms with van der Waals surface area (Å²) in [4.78, 5) is 26.3. The van der Waals surface area contributed by atoms with Crippen LogP contribution in [0.3, 0.4) is 0 Å². The van der Waals surface area contributed by atoms with E-state index >= 15 is 0 Å². The van der Waals surface area contributed by atoms with Crippen LogP contribution < -0.4 is 10.6 Å². The highest BCUT2D eigenvalue weighted by molar-refractivity contribution is 5.76. The number of allylic oxidation sites excluding steroid dienone is 1. The summed E-state index contributed by atoms with van der Waals surface area (Å²) in [5.74, 6) is -1.15. The van der Waals surface area contributed by atoms with E-state index in [4.69, 9.17) is 47.4 Å². The predicted molar refractivity (Wildman–Crippen MR) is 377 cm³/mol. The lowest BCUT2D eigenvalue weighted by Gasteiger charge is -2.50. The Hall–Kier alpha value is -2.36. The van der Waals surface area contributed by atoms with E-state index in [9.17, 15) is 91.3 Å². The summed E-state index contributed by atoms with van der Waals surface area (Å²) in [6, 6.07) is -2.81. The second-order valence-electron chi connectivity index (χ2n) is 29.2. The van der Waals surface area contributed by atoms with E-state index in [0.29, 0.717) is 12.8 Å². The van der Waals surface area contributed by atoms with Crippen LogP contribution >= 0.6 is 0 Å². The number of aliphatic hydroxyl groups excluding tert-OH is 16. The fourth-order valence-electron chi connectivity index (χ4n) is 14.3. The Morgan fingerprint density at radius 2 is 0.712 bits per heavy atom. The molecule has 5 aliphatic heterocycles. The van der Waals surface area contributed by atoms with Gasteiger partial charge in [-0.1, -0.05) is 219 Å². The van der Waals surface area contributed by atoms with Crippen molar-refractivity contribution < 1.29 is 139 Å². The van der Waals surface area contributed by atoms with Crippen LogP contribution in [-0.2, 0) is 57.0 Å². The van der Waals surface area contributed by atoms with Gasteiger partial charge in [-0.25, -0.2) is 0 Å². The van der Waals surface area contributed by atoms with Crippen LogP contribution in [0.5, 0.6) is 0 Å². The summed E-state index contributed by atoms with van der Waals surface area (Å²) in [5.41, 5.74) is 0. The number of carbonyl (C=O) groups excluding carboxylic acids is 2. The third-order valence-corrected chi connectivity index (χ3v) is 20.7. The molecule has 104 heavy (non-hydrogen) atoms. The van der Waals surface area contributed by atoms with Gasteiger partial charge in [-0.3, -0.25) is 9.59 Å². The number of hydrogen-bond donors (Lipinski definition) is 18. The number of amides is 2. The molecule has 0 radical (unpaired) electrons. The van der Waals surface area contributed by atoms with E-state index in [1.807, 2.05) is 6.08 Å². The Balaban J connectivity index is 1.17. The van der Waals surface area contributed by atoms with E-state index in [1.54, 1.807) is 6.08 Å². The molecule has 2 amide bonds. The van der Waals surface area contributed by atoms with Gasteiger partial charge in [0.1, 0.15) is 122 Å². The van der Waals surface area contributed by atoms with E-state index in [2.05, 4.69) is 24.5 Å². The maximum Gasteiger partial charge on any atom is 0.220 e. The fourth-order valence-corrected chi connectivity index (χ4v) is 14.3. The van der Waals surface area contributed by atoms with Crippen molar-refractivity contribution in [2.75, 3.05) is 39.6 Å². The molecule has 610 valence electrons. The highest BCUT2D eigenvalue weighted by Crippen LogP contribution is 2.37. The summed E-state index contributed by atoms with van der Waals surface area (Å²) in [7, 11) is 0. The minimum atomic E-state index is -2.15. The zero-order valence-electron chi connectivity index (χ0n) is 62.1. The standard InChI is InChI=1S/C74H136N2O28/c1-4-6-8-10-12-14-16-18-19-20-21-22-23-24-25-27-29-31-33-35-37-39-54(84)76-47(48(83)38-36-34-32-30-28-26-17-15-13-11-9-7-5-2)45-95-71-63(92)61(90)67(53(44-81)100-71)102-74-64(93)68(57(86)50(41-78)98-74)103-70-55(75-46(3)82)59(88)66(52(43-80)99-70)101-73-65(94)69(58(87)51(42-79)97-73)104-72-62(91)60(89)56(85)49(40-77)96-72/h36,38,47-53,55-74,77-81,83,85-94H,4-35,37,39-45H2,1-3H3,(H,75,82)(H,76,84)/b38-36+/t47-,48+,49?,50?,51?,52?,53?,55?,56-,57-,58-,59+,60-,61+,62?,63?,64?,65?,66+,67+,68-,69-,70-,71+,72-,73-,74-/m0/s1. The van der Waals surface area contributed by atoms with E-state index < -0.39 is 211 Å². The van der Waals surface area contributed by atoms with Crippen LogP contribution in [0.25, 0.3) is 0 Å². The fraction of sp³-hybridized carbons (Fsp3) is 0.946. The summed E-state index contributed by atoms with van der Waals surface area (Å²) < 4.78 is 58.4. The molecule has 30 nitrogen and oxygen atoms in total. The van der Waals surface area contributed by atoms with Gasteiger partial charge in [0, 0.05) is 13.3 Å². The number of rotatable bonds is 54. The van der Waals surface area contributed by atoms with Crippen LogP contribution in [0.4, 0.5) is 0 Å². The molecule has 5 aliphatic rings. The zero-order valence-corrected chi connectivity index (χ0v) is 62.1. The lowest BCUT2D eigenvalue weighted by Crippen LogP contribution is -2.70. The largest absolute Gasteiger partial charge is 0.394 e. The summed E-state index contributed by atoms with van der Waals surface area (Å²) in [5, 5.41) is 181. The Morgan fingerprint density at radius 1 is 0.375 bits per heavy atom. The lowest BCUT2D eigenvalue weighted by atomic mass is 9.94. The second kappa shape index (κ2) is 52.0. The first-order valence-corrected chi connectivity index (χ1v) is 39.5. The van der Waals surface area contributed by atoms with Crippen molar-refractivity contribution in [2.45, 2.75) is 405 Å². The minimum absolute atomic E-state index is 0.194. The molecule has 0 aromatic heterocycles. The minimum Gasteiger partial charge on any atom is -0.394 e. The highest BCUT2D eigenvalue weighted by atomic mass is 16.8. The molecular formula is C74H136N2O28. The average Bonchev–Trinajstić information content (AvgIpc) is 0.769. The summed E-state index contributed by atoms with van der Waals surface area (Å²) in [6.45, 7) is 0.366. The molecule has 0 saturated carbocycles. The average molecular weight is 1500 g/mol. The predicted octanol–water partition coefficient (Wildman–Crippen LogP) is 1.95. The van der Waals surface area contributed by atoms with E-state index in [-0.39, 0.29) is 12.3 Å². The quantitative estimate of drug-likeness (QED) is 0.0306. The lowest BCUT2D eigenvalue weighted by molar-refractivity contribution is -0.387. The third-order valence-electron chi connectivity index (χ3n) is 20.7. The molecular weight excluding hydrogens is 1360 g/mol. The Labute approximate surface area is 615 Å². The molecule has 0 aliphatic carbocycles. The van der Waals surface area contributed by atoms with Crippen molar-refractivity contribution in [3.8, 4) is 0 Å². The Morgan fingerprint density at radius 3 is 1.12 bits per heavy atom. The van der Waals surface area contributed by atoms with Crippen LogP contribution in [0.15, 0.2) is 12.2 Å². The maximum absolute atomic E-state index is 13.5. The van der Waals surface area contributed by atoms with Crippen LogP contribution in [0.2, 0.25) is 0 Å². The van der Waals surface area contributed by atoms with Crippen molar-refractivity contribution in [2.24, 2.45) is 0 Å². The highest BCUT2D eigenvalue weighted by Gasteiger charge is 2.57. The maximum atomic E-state index is 13.5. The van der Waals surface area contributed by atoms with E-state index in [1.165, 1.54) is 154 Å². The van der Waals surface area contributed by atoms with Crippen molar-refractivity contribution in [1.29, 1.82) is 0 Å². The Kier molecular flexibility index (Phi) is 46.1. The zero-order chi connectivity index (χ0) is 75.9. The first kappa shape index (κ1) is 92.2. The monoisotopic (exact) mass is 1500 g/mol. The molecule has 0 bridgehead atoms. The van der Waals surface area contributed by atoms with Gasteiger partial charge >= 0.3 is 0 Å². The molecule has 0 spiro atoms. The van der Waals surface area contributed by atoms with Gasteiger partial charge in [-0.15, -0.1) is 0 Å². The molecule has 5 fully saturated rings. The molecule has 5 saturated heterocycles. The molecule has 18 N–H and O–H groups in total.